The first-order chi connectivity index (χ1) is 31.2. The number of fused-ring (bicyclic) bond motifs is 7. The van der Waals surface area contributed by atoms with E-state index in [9.17, 15) is 46.0 Å². The highest BCUT2D eigenvalue weighted by Crippen LogP contribution is 2.71. The lowest BCUT2D eigenvalue weighted by Crippen LogP contribution is -2.67. The summed E-state index contributed by atoms with van der Waals surface area (Å²) >= 11 is 0. The average molecular weight is 941 g/mol. The lowest BCUT2D eigenvalue weighted by molar-refractivity contribution is -0.387. The largest absolute Gasteiger partial charge is 0.394 e. The van der Waals surface area contributed by atoms with Gasteiger partial charge in [0, 0.05) is 18.4 Å². The predicted octanol–water partition coefficient (Wildman–Crippen LogP) is 1.63. The molecule has 66 heavy (non-hydrogen) atoms. The van der Waals surface area contributed by atoms with Crippen molar-refractivity contribution >= 4 is 0 Å². The molecule has 0 aromatic rings. The predicted molar refractivity (Wildman–Crippen MR) is 233 cm³/mol. The van der Waals surface area contributed by atoms with Crippen LogP contribution in [0.25, 0.3) is 0 Å². The highest BCUT2D eigenvalue weighted by atomic mass is 16.8. The lowest BCUT2D eigenvalue weighted by Gasteiger charge is -2.58. The number of ether oxygens (including phenoxy) is 8. The Balaban J connectivity index is 0.888. The monoisotopic (exact) mass is 941 g/mol. The molecular formula is C49H80O17. The minimum Gasteiger partial charge on any atom is -0.394 e. The van der Waals surface area contributed by atoms with Gasteiger partial charge in [0.2, 0.25) is 0 Å². The third-order valence-electron chi connectivity index (χ3n) is 18.9. The smallest absolute Gasteiger partial charge is 0.187 e. The van der Waals surface area contributed by atoms with Gasteiger partial charge in [0.1, 0.15) is 61.0 Å². The quantitative estimate of drug-likeness (QED) is 0.134. The molecule has 0 spiro atoms. The van der Waals surface area contributed by atoms with Crippen LogP contribution < -0.4 is 0 Å². The summed E-state index contributed by atoms with van der Waals surface area (Å²) < 4.78 is 49.7. The Hall–Kier alpha value is -0.940. The Kier molecular flexibility index (Phi) is 14.3. The molecule has 8 fully saturated rings. The second-order valence-electron chi connectivity index (χ2n) is 22.6. The van der Waals surface area contributed by atoms with Gasteiger partial charge in [-0.2, -0.15) is 0 Å². The third kappa shape index (κ3) is 8.30. The van der Waals surface area contributed by atoms with Crippen molar-refractivity contribution in [2.75, 3.05) is 13.2 Å². The van der Waals surface area contributed by atoms with E-state index in [-0.39, 0.29) is 41.0 Å². The second kappa shape index (κ2) is 18.9. The molecule has 378 valence electrons. The second-order valence-corrected chi connectivity index (χ2v) is 22.6. The van der Waals surface area contributed by atoms with Crippen molar-refractivity contribution < 1.29 is 83.9 Å². The number of aliphatic hydroxyl groups is 9. The van der Waals surface area contributed by atoms with E-state index in [1.54, 1.807) is 0 Å². The van der Waals surface area contributed by atoms with Crippen LogP contribution in [-0.2, 0) is 37.9 Å². The van der Waals surface area contributed by atoms with Crippen molar-refractivity contribution in [2.24, 2.45) is 52.3 Å². The summed E-state index contributed by atoms with van der Waals surface area (Å²) in [5, 5.41) is 98.7. The molecule has 4 saturated heterocycles. The molecule has 5 aliphatic carbocycles. The molecule has 0 amide bonds. The van der Waals surface area contributed by atoms with Gasteiger partial charge in [0.05, 0.1) is 37.1 Å². The van der Waals surface area contributed by atoms with Gasteiger partial charge in [0.15, 0.2) is 24.7 Å². The SMILES string of the molecule is CCCO[C@@H]1C[C@@H]([C@@]2(O)O[C@H]3C[C@H]4[C@H]5CC=C6C[C@H](O[C@@H]7O[C@H](CO)[C@@H](O[C@H]8O[C@H](C)[C@@H](O)[C@@H](O)[C@@H]8O)[C@H](O[C@H]8O[C@@H](C)[C@H](O)[C@@H](O)[C@@H]8O)[C@@H]7O)CC[C@@]6(C)[C@H]5CC[C@@]4(C)[C@H]3[C@@H]2C)C[C@H]1C. The van der Waals surface area contributed by atoms with Gasteiger partial charge in [-0.3, -0.25) is 0 Å². The van der Waals surface area contributed by atoms with Gasteiger partial charge >= 0.3 is 0 Å². The van der Waals surface area contributed by atoms with Gasteiger partial charge in [-0.15, -0.1) is 0 Å². The molecule has 4 aliphatic heterocycles. The summed E-state index contributed by atoms with van der Waals surface area (Å²) in [6, 6.07) is 0. The molecule has 0 aromatic heterocycles. The molecule has 4 heterocycles. The van der Waals surface area contributed by atoms with Crippen molar-refractivity contribution in [3.8, 4) is 0 Å². The number of aliphatic hydroxyl groups excluding tert-OH is 8. The van der Waals surface area contributed by atoms with E-state index < -0.39 is 105 Å². The summed E-state index contributed by atoms with van der Waals surface area (Å²) in [5.41, 5.74) is 1.33. The first-order valence-electron chi connectivity index (χ1n) is 25.3. The Morgan fingerprint density at radius 1 is 0.712 bits per heavy atom. The van der Waals surface area contributed by atoms with Crippen LogP contribution in [0.5, 0.6) is 0 Å². The lowest BCUT2D eigenvalue weighted by atomic mass is 9.47. The average Bonchev–Trinajstić information content (AvgIpc) is 3.91. The molecule has 9 rings (SSSR count). The van der Waals surface area contributed by atoms with E-state index in [1.165, 1.54) is 19.4 Å². The first-order valence-corrected chi connectivity index (χ1v) is 25.3. The highest BCUT2D eigenvalue weighted by molar-refractivity contribution is 5.26. The maximum atomic E-state index is 12.4. The maximum absolute atomic E-state index is 12.4. The van der Waals surface area contributed by atoms with Crippen LogP contribution in [-0.4, -0.2) is 175 Å². The third-order valence-corrected chi connectivity index (χ3v) is 18.9. The summed E-state index contributed by atoms with van der Waals surface area (Å²) in [6.07, 6.45) is -10.6. The summed E-state index contributed by atoms with van der Waals surface area (Å²) in [5.74, 6) is 1.09. The number of hydrogen-bond donors (Lipinski definition) is 9. The van der Waals surface area contributed by atoms with Crippen LogP contribution in [0.15, 0.2) is 11.6 Å². The van der Waals surface area contributed by atoms with E-state index in [0.717, 1.165) is 58.0 Å². The molecule has 28 atom stereocenters. The minimum absolute atomic E-state index is 0.0322. The normalized spacial score (nSPS) is 57.2. The zero-order valence-corrected chi connectivity index (χ0v) is 39.8. The van der Waals surface area contributed by atoms with E-state index in [4.69, 9.17) is 37.9 Å². The zero-order valence-electron chi connectivity index (χ0n) is 39.8. The molecule has 0 unspecified atom stereocenters. The van der Waals surface area contributed by atoms with Crippen LogP contribution in [0, 0.1) is 52.3 Å². The van der Waals surface area contributed by atoms with Crippen molar-refractivity contribution in [3.05, 3.63) is 11.6 Å². The first kappa shape index (κ1) is 50.0. The molecule has 17 heteroatoms. The standard InChI is InChI=1S/C49H80O17/c1-8-15-59-31-18-26(16-21(31)2)49(58)22(3)34-32(66-49)19-30-28-10-9-25-17-27(11-13-47(25,6)29(28)12-14-48(30,34)7)62-46-41(57)43(65-45-40(56)38(54)36(52)24(5)61-45)42(33(20-50)63-46)64-44-39(55)37(53)35(51)23(4)60-44/h9,21-24,26-46,50-58H,8,10-20H2,1-7H3/t21-,22+,23-,24+,26+,27-,28+,29+,30+,31-,32+,33-,34+,35-,36+,37-,38-,39+,40+,41+,42-,43-,44-,45-,46-,47-,48-,49+/m1/s1. The van der Waals surface area contributed by atoms with Crippen LogP contribution >= 0.6 is 0 Å². The number of rotatable bonds is 11. The summed E-state index contributed by atoms with van der Waals surface area (Å²) in [7, 11) is 0. The fraction of sp³-hybridized carbons (Fsp3) is 0.959. The summed E-state index contributed by atoms with van der Waals surface area (Å²) in [4.78, 5) is 0. The van der Waals surface area contributed by atoms with Crippen molar-refractivity contribution in [1.29, 1.82) is 0 Å². The fourth-order valence-electron chi connectivity index (χ4n) is 15.1. The molecule has 4 saturated carbocycles. The molecule has 17 nitrogen and oxygen atoms in total. The topological polar surface area (TPSA) is 256 Å². The van der Waals surface area contributed by atoms with Crippen molar-refractivity contribution in [2.45, 2.75) is 229 Å². The molecule has 0 radical (unpaired) electrons. The zero-order chi connectivity index (χ0) is 47.4. The highest BCUT2D eigenvalue weighted by Gasteiger charge is 2.70. The van der Waals surface area contributed by atoms with Gasteiger partial charge < -0.3 is 83.9 Å². The molecular weight excluding hydrogens is 861 g/mol. The minimum atomic E-state index is -1.74. The Morgan fingerprint density at radius 2 is 1.35 bits per heavy atom. The Bertz CT molecular complexity index is 1720. The fourth-order valence-corrected chi connectivity index (χ4v) is 15.1. The summed E-state index contributed by atoms with van der Waals surface area (Å²) in [6.45, 7) is 14.6. The van der Waals surface area contributed by atoms with Gasteiger partial charge in [-0.05, 0) is 118 Å². The van der Waals surface area contributed by atoms with Crippen molar-refractivity contribution in [3.63, 3.8) is 0 Å². The van der Waals surface area contributed by atoms with Gasteiger partial charge in [-0.1, -0.05) is 46.3 Å². The van der Waals surface area contributed by atoms with Crippen LogP contribution in [0.3, 0.4) is 0 Å². The van der Waals surface area contributed by atoms with Gasteiger partial charge in [-0.25, -0.2) is 0 Å². The maximum Gasteiger partial charge on any atom is 0.187 e. The Morgan fingerprint density at radius 3 is 1.98 bits per heavy atom. The van der Waals surface area contributed by atoms with Crippen LogP contribution in [0.1, 0.15) is 113 Å². The van der Waals surface area contributed by atoms with E-state index in [2.05, 4.69) is 40.7 Å². The van der Waals surface area contributed by atoms with E-state index >= 15 is 0 Å². The van der Waals surface area contributed by atoms with Crippen LogP contribution in [0.2, 0.25) is 0 Å². The van der Waals surface area contributed by atoms with E-state index in [0.29, 0.717) is 42.4 Å². The molecule has 9 N–H and O–H groups in total. The van der Waals surface area contributed by atoms with Crippen molar-refractivity contribution in [1.82, 2.24) is 0 Å². The Labute approximate surface area is 389 Å². The van der Waals surface area contributed by atoms with E-state index in [1.807, 2.05) is 0 Å². The number of allylic oxidation sites excluding steroid dienone is 1. The van der Waals surface area contributed by atoms with Gasteiger partial charge in [0.25, 0.3) is 0 Å². The number of hydrogen-bond acceptors (Lipinski definition) is 17. The molecule has 0 aromatic carbocycles. The van der Waals surface area contributed by atoms with Crippen LogP contribution in [0.4, 0.5) is 0 Å². The molecule has 0 bridgehead atoms. The molecule has 9 aliphatic rings.